The Morgan fingerprint density at radius 3 is 2.72 bits per heavy atom. The molecule has 6 nitrogen and oxygen atoms in total. The molecule has 1 aromatic rings. The van der Waals surface area contributed by atoms with Crippen molar-refractivity contribution in [1.82, 2.24) is 4.98 Å². The summed E-state index contributed by atoms with van der Waals surface area (Å²) in [5.74, 6) is 3.30. The molecule has 7 atom stereocenters. The van der Waals surface area contributed by atoms with E-state index in [-0.39, 0.29) is 22.9 Å². The zero-order valence-corrected chi connectivity index (χ0v) is 27.1. The molecule has 4 saturated carbocycles. The molecule has 0 aliphatic heterocycles. The van der Waals surface area contributed by atoms with Crippen LogP contribution < -0.4 is 0 Å². The molecule has 0 unspecified atom stereocenters. The van der Waals surface area contributed by atoms with E-state index in [2.05, 4.69) is 39.5 Å². The number of oxazole rings is 1. The molecule has 0 spiro atoms. The number of aryl methyl sites for hydroxylation is 1. The molecular formula is C37H55NO5. The molecular weight excluding hydrogens is 538 g/mol. The second-order valence-corrected chi connectivity index (χ2v) is 14.4. The maximum Gasteiger partial charge on any atom is 0.305 e. The summed E-state index contributed by atoms with van der Waals surface area (Å²) in [6.07, 6.45) is 19.2. The molecule has 0 aromatic carbocycles. The van der Waals surface area contributed by atoms with Gasteiger partial charge in [0.15, 0.2) is 0 Å². The Kier molecular flexibility index (Phi) is 10.1. The van der Waals surface area contributed by atoms with E-state index in [0.717, 1.165) is 74.2 Å². The van der Waals surface area contributed by atoms with E-state index in [1.807, 2.05) is 13.1 Å². The first-order chi connectivity index (χ1) is 20.6. The molecule has 0 radical (unpaired) electrons. The predicted octanol–water partition coefficient (Wildman–Crippen LogP) is 7.93. The first kappa shape index (κ1) is 32.2. The van der Waals surface area contributed by atoms with Crippen molar-refractivity contribution < 1.29 is 24.2 Å². The van der Waals surface area contributed by atoms with Crippen molar-refractivity contribution >= 4 is 5.97 Å². The van der Waals surface area contributed by atoms with Crippen LogP contribution in [-0.2, 0) is 21.4 Å². The van der Waals surface area contributed by atoms with Crippen LogP contribution >= 0.6 is 0 Å². The molecule has 1 heterocycles. The van der Waals surface area contributed by atoms with Crippen molar-refractivity contribution in [2.75, 3.05) is 0 Å². The number of aliphatic hydroxyl groups excluding tert-OH is 2. The van der Waals surface area contributed by atoms with Gasteiger partial charge in [0.1, 0.15) is 11.9 Å². The SMILES string of the molecule is C=C1C(=CC=C2CCC[C@]3(C)[C@@H]([C@H](C)CC[C@@H](OC(=O)CC)C4(c5ncc(CCCC)o5)CC4)CC[C@@H]23)C[C@@H](O)C[C@@H]1O. The van der Waals surface area contributed by atoms with Crippen molar-refractivity contribution in [2.45, 2.75) is 148 Å². The van der Waals surface area contributed by atoms with Gasteiger partial charge in [-0.1, -0.05) is 58.4 Å². The summed E-state index contributed by atoms with van der Waals surface area (Å²) >= 11 is 0. The highest BCUT2D eigenvalue weighted by molar-refractivity contribution is 5.69. The van der Waals surface area contributed by atoms with Gasteiger partial charge in [-0.3, -0.25) is 4.79 Å². The topological polar surface area (TPSA) is 92.8 Å². The van der Waals surface area contributed by atoms with Crippen molar-refractivity contribution in [3.05, 3.63) is 53.3 Å². The molecule has 5 rings (SSSR count). The number of fused-ring (bicyclic) bond motifs is 1. The third kappa shape index (κ3) is 6.76. The van der Waals surface area contributed by atoms with Crippen LogP contribution in [0, 0.1) is 23.2 Å². The minimum atomic E-state index is -0.649. The normalized spacial score (nSPS) is 33.4. The summed E-state index contributed by atoms with van der Waals surface area (Å²) in [4.78, 5) is 17.3. The van der Waals surface area contributed by atoms with Crippen LogP contribution in [0.5, 0.6) is 0 Å². The molecule has 1 aromatic heterocycles. The van der Waals surface area contributed by atoms with Gasteiger partial charge in [-0.05, 0) is 105 Å². The Bertz CT molecular complexity index is 1210. The van der Waals surface area contributed by atoms with E-state index >= 15 is 0 Å². The zero-order valence-electron chi connectivity index (χ0n) is 27.1. The van der Waals surface area contributed by atoms with Gasteiger partial charge in [0, 0.05) is 19.3 Å². The van der Waals surface area contributed by atoms with Crippen LogP contribution in [0.3, 0.4) is 0 Å². The highest BCUT2D eigenvalue weighted by Crippen LogP contribution is 2.60. The fraction of sp³-hybridized carbons (Fsp3) is 0.730. The fourth-order valence-corrected chi connectivity index (χ4v) is 8.80. The third-order valence-electron chi connectivity index (χ3n) is 11.6. The standard InChI is InChI=1S/C37H55NO5/c1-6-8-11-29-23-38-35(42-29)37(19-20-37)33(43-34(41)7-2)17-12-24(3)30-15-16-31-26(10-9-18-36(30,31)5)13-14-27-21-28(39)22-32(40)25(27)4/h13-14,23-24,28,30-33,39-40H,4,6-12,15-22H2,1-3,5H3/t24-,28-,30-,31+,32+,33-,36-/m1/s1. The van der Waals surface area contributed by atoms with Gasteiger partial charge in [-0.25, -0.2) is 4.98 Å². The predicted molar refractivity (Wildman–Crippen MR) is 169 cm³/mol. The number of hydrogen-bond acceptors (Lipinski definition) is 6. The van der Waals surface area contributed by atoms with Crippen LogP contribution in [0.4, 0.5) is 0 Å². The summed E-state index contributed by atoms with van der Waals surface area (Å²) in [5, 5.41) is 20.5. The molecule has 0 saturated heterocycles. The number of aliphatic hydroxyl groups is 2. The van der Waals surface area contributed by atoms with E-state index in [0.29, 0.717) is 37.0 Å². The number of rotatable bonds is 12. The molecule has 6 heteroatoms. The minimum Gasteiger partial charge on any atom is -0.461 e. The minimum absolute atomic E-state index is 0.133. The summed E-state index contributed by atoms with van der Waals surface area (Å²) < 4.78 is 12.4. The van der Waals surface area contributed by atoms with Gasteiger partial charge in [-0.2, -0.15) is 0 Å². The molecule has 238 valence electrons. The van der Waals surface area contributed by atoms with E-state index in [1.165, 1.54) is 31.3 Å². The molecule has 2 N–H and O–H groups in total. The van der Waals surface area contributed by atoms with Crippen molar-refractivity contribution in [3.63, 3.8) is 0 Å². The van der Waals surface area contributed by atoms with Crippen LogP contribution in [0.1, 0.15) is 129 Å². The van der Waals surface area contributed by atoms with Gasteiger partial charge in [0.25, 0.3) is 0 Å². The lowest BCUT2D eigenvalue weighted by molar-refractivity contribution is -0.151. The molecule has 4 fully saturated rings. The summed E-state index contributed by atoms with van der Waals surface area (Å²) in [7, 11) is 0. The Hall–Kier alpha value is -2.18. The molecule has 43 heavy (non-hydrogen) atoms. The van der Waals surface area contributed by atoms with Crippen LogP contribution in [0.15, 0.2) is 46.1 Å². The summed E-state index contributed by atoms with van der Waals surface area (Å²) in [6.45, 7) is 13.1. The highest BCUT2D eigenvalue weighted by Gasteiger charge is 2.57. The Morgan fingerprint density at radius 2 is 2.00 bits per heavy atom. The van der Waals surface area contributed by atoms with Crippen molar-refractivity contribution in [3.8, 4) is 0 Å². The monoisotopic (exact) mass is 593 g/mol. The second kappa shape index (κ2) is 13.4. The Morgan fingerprint density at radius 1 is 1.21 bits per heavy atom. The van der Waals surface area contributed by atoms with E-state index < -0.39 is 12.2 Å². The van der Waals surface area contributed by atoms with Crippen LogP contribution in [0.25, 0.3) is 0 Å². The number of unbranched alkanes of at least 4 members (excludes halogenated alkanes) is 1. The van der Waals surface area contributed by atoms with Gasteiger partial charge in [-0.15, -0.1) is 0 Å². The first-order valence-corrected chi connectivity index (χ1v) is 17.2. The molecule has 4 aliphatic carbocycles. The Balaban J connectivity index is 1.27. The third-order valence-corrected chi connectivity index (χ3v) is 11.6. The number of nitrogens with zero attached hydrogens (tertiary/aromatic N) is 1. The van der Waals surface area contributed by atoms with Gasteiger partial charge >= 0.3 is 5.97 Å². The number of carbonyl (C=O) groups is 1. The van der Waals surface area contributed by atoms with Gasteiger partial charge in [0.2, 0.25) is 5.89 Å². The highest BCUT2D eigenvalue weighted by atomic mass is 16.5. The molecule has 4 aliphatic rings. The fourth-order valence-electron chi connectivity index (χ4n) is 8.80. The smallest absolute Gasteiger partial charge is 0.305 e. The zero-order chi connectivity index (χ0) is 30.8. The number of aromatic nitrogens is 1. The Labute approximate surface area is 259 Å². The van der Waals surface area contributed by atoms with E-state index in [1.54, 1.807) is 0 Å². The van der Waals surface area contributed by atoms with Gasteiger partial charge in [0.05, 0.1) is 23.8 Å². The van der Waals surface area contributed by atoms with Gasteiger partial charge < -0.3 is 19.4 Å². The summed E-state index contributed by atoms with van der Waals surface area (Å²) in [5.41, 5.74) is 3.25. The van der Waals surface area contributed by atoms with Crippen LogP contribution in [-0.4, -0.2) is 39.5 Å². The maximum atomic E-state index is 12.6. The lowest BCUT2D eigenvalue weighted by atomic mass is 9.60. The number of esters is 1. The van der Waals surface area contributed by atoms with Crippen molar-refractivity contribution in [2.24, 2.45) is 23.2 Å². The largest absolute Gasteiger partial charge is 0.461 e. The molecule has 0 bridgehead atoms. The second-order valence-electron chi connectivity index (χ2n) is 14.4. The number of carbonyl (C=O) groups excluding carboxylic acids is 1. The first-order valence-electron chi connectivity index (χ1n) is 17.2. The van der Waals surface area contributed by atoms with E-state index in [4.69, 9.17) is 14.1 Å². The van der Waals surface area contributed by atoms with E-state index in [9.17, 15) is 15.0 Å². The quantitative estimate of drug-likeness (QED) is 0.239. The van der Waals surface area contributed by atoms with Crippen molar-refractivity contribution in [1.29, 1.82) is 0 Å². The van der Waals surface area contributed by atoms with Crippen LogP contribution in [0.2, 0.25) is 0 Å². The summed E-state index contributed by atoms with van der Waals surface area (Å²) in [6, 6.07) is 0. The molecule has 0 amide bonds. The maximum absolute atomic E-state index is 12.6. The number of allylic oxidation sites excluding steroid dienone is 3. The average Bonchev–Trinajstić information content (AvgIpc) is 3.50. The lowest BCUT2D eigenvalue weighted by Gasteiger charge is -2.44. The number of hydrogen-bond donors (Lipinski definition) is 2. The average molecular weight is 594 g/mol. The lowest BCUT2D eigenvalue weighted by Crippen LogP contribution is -2.37. The number of ether oxygens (including phenoxy) is 1.